The van der Waals surface area contributed by atoms with Crippen LogP contribution in [-0.2, 0) is 4.79 Å². The lowest BCUT2D eigenvalue weighted by Gasteiger charge is -2.36. The molecule has 1 atom stereocenters. The summed E-state index contributed by atoms with van der Waals surface area (Å²) in [5.74, 6) is 0.765. The highest BCUT2D eigenvalue weighted by Crippen LogP contribution is 2.24. The Bertz CT molecular complexity index is 881. The molecule has 144 valence electrons. The highest BCUT2D eigenvalue weighted by atomic mass is 79.9. The predicted molar refractivity (Wildman–Crippen MR) is 113 cm³/mol. The van der Waals surface area contributed by atoms with Gasteiger partial charge in [0.05, 0.1) is 13.2 Å². The summed E-state index contributed by atoms with van der Waals surface area (Å²) in [6, 6.07) is 17.4. The van der Waals surface area contributed by atoms with Gasteiger partial charge in [0.25, 0.3) is 0 Å². The summed E-state index contributed by atoms with van der Waals surface area (Å²) in [5, 5.41) is 9.65. The molecule has 1 unspecified atom stereocenters. The molecule has 0 N–H and O–H groups in total. The van der Waals surface area contributed by atoms with Gasteiger partial charge >= 0.3 is 0 Å². The molecule has 1 aliphatic rings. The number of nitriles is 1. The Labute approximate surface area is 173 Å². The highest BCUT2D eigenvalue weighted by Gasteiger charge is 2.26. The van der Waals surface area contributed by atoms with Crippen LogP contribution < -0.4 is 4.74 Å². The van der Waals surface area contributed by atoms with Crippen LogP contribution in [0.4, 0.5) is 0 Å². The first kappa shape index (κ1) is 20.1. The Balaban J connectivity index is 1.59. The number of carbonyl (C=O) groups is 1. The van der Waals surface area contributed by atoms with Crippen LogP contribution in [0.5, 0.6) is 5.75 Å². The molecule has 6 heteroatoms. The lowest BCUT2D eigenvalue weighted by Crippen LogP contribution is -2.49. The largest absolute Gasteiger partial charge is 0.497 e. The SMILES string of the molecule is COc1ccc(C(C#N)N2CCN(C(=O)/C=C/c3ccccc3Br)CC2)cc1. The molecule has 2 aromatic carbocycles. The first-order chi connectivity index (χ1) is 13.6. The maximum Gasteiger partial charge on any atom is 0.246 e. The second-order valence-corrected chi connectivity index (χ2v) is 7.38. The van der Waals surface area contributed by atoms with Crippen LogP contribution in [0, 0.1) is 11.3 Å². The van der Waals surface area contributed by atoms with Gasteiger partial charge in [-0.05, 0) is 35.4 Å². The van der Waals surface area contributed by atoms with E-state index in [1.54, 1.807) is 13.2 Å². The Morgan fingerprint density at radius 3 is 2.43 bits per heavy atom. The summed E-state index contributed by atoms with van der Waals surface area (Å²) >= 11 is 3.48. The molecule has 2 aromatic rings. The summed E-state index contributed by atoms with van der Waals surface area (Å²) < 4.78 is 6.14. The van der Waals surface area contributed by atoms with Crippen LogP contribution in [-0.4, -0.2) is 49.0 Å². The van der Waals surface area contributed by atoms with Crippen molar-refractivity contribution in [2.75, 3.05) is 33.3 Å². The first-order valence-corrected chi connectivity index (χ1v) is 9.91. The summed E-state index contributed by atoms with van der Waals surface area (Å²) in [5.41, 5.74) is 1.91. The number of halogens is 1. The fourth-order valence-corrected chi connectivity index (χ4v) is 3.65. The van der Waals surface area contributed by atoms with E-state index in [0.717, 1.165) is 21.3 Å². The number of amides is 1. The van der Waals surface area contributed by atoms with Gasteiger partial charge < -0.3 is 9.64 Å². The van der Waals surface area contributed by atoms with E-state index in [-0.39, 0.29) is 11.9 Å². The molecule has 0 aromatic heterocycles. The summed E-state index contributed by atoms with van der Waals surface area (Å²) in [6.45, 7) is 2.54. The second-order valence-electron chi connectivity index (χ2n) is 6.52. The molecule has 0 aliphatic carbocycles. The van der Waals surface area contributed by atoms with Crippen LogP contribution >= 0.6 is 15.9 Å². The maximum atomic E-state index is 12.5. The zero-order chi connectivity index (χ0) is 19.9. The van der Waals surface area contributed by atoms with E-state index in [4.69, 9.17) is 4.74 Å². The van der Waals surface area contributed by atoms with E-state index in [1.807, 2.05) is 59.5 Å². The number of ether oxygens (including phenoxy) is 1. The van der Waals surface area contributed by atoms with Crippen LogP contribution in [0.2, 0.25) is 0 Å². The van der Waals surface area contributed by atoms with Gasteiger partial charge in [0.2, 0.25) is 5.91 Å². The van der Waals surface area contributed by atoms with Gasteiger partial charge in [-0.25, -0.2) is 0 Å². The molecule has 28 heavy (non-hydrogen) atoms. The average molecular weight is 440 g/mol. The normalized spacial score (nSPS) is 16.0. The first-order valence-electron chi connectivity index (χ1n) is 9.11. The zero-order valence-electron chi connectivity index (χ0n) is 15.7. The molecular formula is C22H22BrN3O2. The van der Waals surface area contributed by atoms with E-state index < -0.39 is 0 Å². The van der Waals surface area contributed by atoms with Gasteiger partial charge in [-0.15, -0.1) is 0 Å². The highest BCUT2D eigenvalue weighted by molar-refractivity contribution is 9.10. The lowest BCUT2D eigenvalue weighted by atomic mass is 10.1. The number of hydrogen-bond donors (Lipinski definition) is 0. The van der Waals surface area contributed by atoms with E-state index in [9.17, 15) is 10.1 Å². The van der Waals surface area contributed by atoms with Crippen molar-refractivity contribution >= 4 is 27.9 Å². The molecule has 1 saturated heterocycles. The van der Waals surface area contributed by atoms with Gasteiger partial charge in [-0.3, -0.25) is 9.69 Å². The van der Waals surface area contributed by atoms with E-state index in [0.29, 0.717) is 26.2 Å². The molecule has 0 bridgehead atoms. The Morgan fingerprint density at radius 2 is 1.82 bits per heavy atom. The number of piperazine rings is 1. The van der Waals surface area contributed by atoms with Crippen molar-refractivity contribution in [1.82, 2.24) is 9.80 Å². The monoisotopic (exact) mass is 439 g/mol. The molecule has 1 fully saturated rings. The number of methoxy groups -OCH3 is 1. The molecule has 5 nitrogen and oxygen atoms in total. The number of nitrogens with zero attached hydrogens (tertiary/aromatic N) is 3. The molecule has 1 aliphatic heterocycles. The fraction of sp³-hybridized carbons (Fsp3) is 0.273. The molecule has 3 rings (SSSR count). The summed E-state index contributed by atoms with van der Waals surface area (Å²) in [7, 11) is 1.62. The molecule has 0 radical (unpaired) electrons. The van der Waals surface area contributed by atoms with Crippen molar-refractivity contribution in [2.45, 2.75) is 6.04 Å². The smallest absolute Gasteiger partial charge is 0.246 e. The minimum Gasteiger partial charge on any atom is -0.497 e. The van der Waals surface area contributed by atoms with Crippen molar-refractivity contribution in [2.24, 2.45) is 0 Å². The lowest BCUT2D eigenvalue weighted by molar-refractivity contribution is -0.127. The number of benzene rings is 2. The minimum atomic E-state index is -0.320. The third-order valence-corrected chi connectivity index (χ3v) is 5.58. The number of carbonyl (C=O) groups excluding carboxylic acids is 1. The molecular weight excluding hydrogens is 418 g/mol. The third-order valence-electron chi connectivity index (χ3n) is 4.86. The van der Waals surface area contributed by atoms with Crippen LogP contribution in [0.1, 0.15) is 17.2 Å². The molecule has 0 saturated carbocycles. The third kappa shape index (κ3) is 4.80. The Hall–Kier alpha value is -2.62. The van der Waals surface area contributed by atoms with Crippen molar-refractivity contribution in [1.29, 1.82) is 5.26 Å². The zero-order valence-corrected chi connectivity index (χ0v) is 17.3. The minimum absolute atomic E-state index is 0.00615. The maximum absolute atomic E-state index is 12.5. The van der Waals surface area contributed by atoms with Crippen molar-refractivity contribution < 1.29 is 9.53 Å². The van der Waals surface area contributed by atoms with Crippen LogP contribution in [0.3, 0.4) is 0 Å². The van der Waals surface area contributed by atoms with Crippen molar-refractivity contribution in [3.63, 3.8) is 0 Å². The Kier molecular flexibility index (Phi) is 6.85. The molecule has 1 heterocycles. The summed E-state index contributed by atoms with van der Waals surface area (Å²) in [4.78, 5) is 16.4. The van der Waals surface area contributed by atoms with Gasteiger partial charge in [0, 0.05) is 36.7 Å². The van der Waals surface area contributed by atoms with E-state index >= 15 is 0 Å². The topological polar surface area (TPSA) is 56.6 Å². The van der Waals surface area contributed by atoms with E-state index in [2.05, 4.69) is 26.9 Å². The van der Waals surface area contributed by atoms with Gasteiger partial charge in [-0.1, -0.05) is 46.3 Å². The van der Waals surface area contributed by atoms with E-state index in [1.165, 1.54) is 0 Å². The standard InChI is InChI=1S/C22H22BrN3O2/c1-28-19-9-6-18(7-10-19)21(16-24)25-12-14-26(15-13-25)22(27)11-8-17-4-2-3-5-20(17)23/h2-11,21H,12-15H2,1H3/b11-8+. The molecule has 1 amide bonds. The van der Waals surface area contributed by atoms with Crippen LogP contribution in [0.15, 0.2) is 59.1 Å². The quantitative estimate of drug-likeness (QED) is 0.663. The number of rotatable bonds is 5. The fourth-order valence-electron chi connectivity index (χ4n) is 3.23. The Morgan fingerprint density at radius 1 is 1.14 bits per heavy atom. The van der Waals surface area contributed by atoms with Crippen molar-refractivity contribution in [3.8, 4) is 11.8 Å². The predicted octanol–water partition coefficient (Wildman–Crippen LogP) is 3.88. The van der Waals surface area contributed by atoms with Crippen molar-refractivity contribution in [3.05, 3.63) is 70.2 Å². The van der Waals surface area contributed by atoms with Crippen LogP contribution in [0.25, 0.3) is 6.08 Å². The molecule has 0 spiro atoms. The van der Waals surface area contributed by atoms with Gasteiger partial charge in [0.15, 0.2) is 0 Å². The number of hydrogen-bond acceptors (Lipinski definition) is 4. The second kappa shape index (κ2) is 9.54. The van der Waals surface area contributed by atoms with Gasteiger partial charge in [-0.2, -0.15) is 5.26 Å². The van der Waals surface area contributed by atoms with Gasteiger partial charge in [0.1, 0.15) is 11.8 Å². The average Bonchev–Trinajstić information content (AvgIpc) is 2.74. The summed E-state index contributed by atoms with van der Waals surface area (Å²) in [6.07, 6.45) is 3.44.